The van der Waals surface area contributed by atoms with Crippen LogP contribution in [0, 0.1) is 0 Å². The van der Waals surface area contributed by atoms with E-state index in [2.05, 4.69) is 19.9 Å². The molecule has 8 aromatic rings. The fraction of sp³-hybridized carbons (Fsp3) is 0.279. The average molecular weight is 1280 g/mol. The second kappa shape index (κ2) is 33.0. The van der Waals surface area contributed by atoms with Gasteiger partial charge >= 0.3 is 47.8 Å². The average Bonchev–Trinajstić information content (AvgIpc) is 0.814. The number of ether oxygens (including phenoxy) is 11. The van der Waals surface area contributed by atoms with E-state index in [0.717, 1.165) is 5.56 Å². The summed E-state index contributed by atoms with van der Waals surface area (Å²) in [4.78, 5) is 138. The Hall–Kier alpha value is -11.6. The number of carbonyl (C=O) groups is 8. The third kappa shape index (κ3) is 18.1. The Kier molecular flexibility index (Phi) is 24.0. The lowest BCUT2D eigenvalue weighted by Crippen LogP contribution is -2.14. The van der Waals surface area contributed by atoms with Gasteiger partial charge in [-0.05, 0) is 109 Å². The van der Waals surface area contributed by atoms with Crippen molar-refractivity contribution < 1.29 is 90.5 Å². The quantitative estimate of drug-likeness (QED) is 0.0310. The van der Waals surface area contributed by atoms with Gasteiger partial charge in [0.15, 0.2) is 0 Å². The minimum Gasteiger partial charge on any atom is -0.489 e. The Morgan fingerprint density at radius 3 is 0.723 bits per heavy atom. The largest absolute Gasteiger partial charge is 0.489 e. The topological polar surface area (TPSA) is 328 Å². The zero-order chi connectivity index (χ0) is 67.3. The molecule has 0 N–H and O–H groups in total. The van der Waals surface area contributed by atoms with Gasteiger partial charge in [0.2, 0.25) is 0 Å². The van der Waals surface area contributed by atoms with Gasteiger partial charge in [-0.15, -0.1) is 0 Å². The van der Waals surface area contributed by atoms with Crippen molar-refractivity contribution in [1.29, 1.82) is 0 Å². The molecule has 0 saturated carbocycles. The molecule has 7 heterocycles. The van der Waals surface area contributed by atoms with Gasteiger partial charge in [0, 0.05) is 58.7 Å². The van der Waals surface area contributed by atoms with Crippen LogP contribution in [0.5, 0.6) is 17.2 Å². The Balaban J connectivity index is 1.26. The molecule has 0 atom stereocenters. The van der Waals surface area contributed by atoms with Crippen LogP contribution in [0.25, 0.3) is 45.0 Å². The Morgan fingerprint density at radius 2 is 0.489 bits per heavy atom. The molecule has 0 saturated heterocycles. The fourth-order valence-electron chi connectivity index (χ4n) is 8.87. The minimum absolute atomic E-state index is 0.00839. The van der Waals surface area contributed by atoms with Crippen molar-refractivity contribution in [2.75, 3.05) is 52.9 Å². The molecule has 486 valence electrons. The highest BCUT2D eigenvalue weighted by Gasteiger charge is 2.25. The van der Waals surface area contributed by atoms with Crippen LogP contribution in [0.1, 0.15) is 156 Å². The summed E-state index contributed by atoms with van der Waals surface area (Å²) in [6, 6.07) is 29.7. The third-order valence-corrected chi connectivity index (χ3v) is 12.9. The van der Waals surface area contributed by atoms with Crippen LogP contribution in [0.3, 0.4) is 0 Å². The van der Waals surface area contributed by atoms with Crippen LogP contribution in [0.2, 0.25) is 0 Å². The second-order valence-electron chi connectivity index (χ2n) is 19.6. The number of rotatable bonds is 29. The van der Waals surface area contributed by atoms with E-state index >= 15 is 0 Å². The van der Waals surface area contributed by atoms with Crippen molar-refractivity contribution in [3.63, 3.8) is 0 Å². The maximum Gasteiger partial charge on any atom is 0.356 e. The summed E-state index contributed by atoms with van der Waals surface area (Å²) in [5.74, 6) is -6.17. The minimum atomic E-state index is -0.842. The van der Waals surface area contributed by atoms with E-state index in [-0.39, 0.29) is 175 Å². The molecule has 94 heavy (non-hydrogen) atoms. The molecule has 26 heteroatoms. The van der Waals surface area contributed by atoms with Gasteiger partial charge in [0.05, 0.1) is 87.0 Å². The molecule has 0 amide bonds. The van der Waals surface area contributed by atoms with Crippen LogP contribution >= 0.6 is 0 Å². The summed E-state index contributed by atoms with van der Waals surface area (Å²) in [6.45, 7) is 12.4. The van der Waals surface area contributed by atoms with Gasteiger partial charge in [0.1, 0.15) is 82.6 Å². The maximum absolute atomic E-state index is 13.3. The van der Waals surface area contributed by atoms with Crippen molar-refractivity contribution in [2.45, 2.75) is 75.2 Å². The number of aromatic nitrogens is 7. The van der Waals surface area contributed by atoms with E-state index in [1.54, 1.807) is 67.5 Å². The number of hydrogen-bond donors (Lipinski definition) is 0. The molecular weight excluding hydrogens is 1220 g/mol. The van der Waals surface area contributed by atoms with E-state index in [1.807, 2.05) is 30.3 Å². The van der Waals surface area contributed by atoms with Gasteiger partial charge in [0.25, 0.3) is 0 Å². The van der Waals surface area contributed by atoms with Crippen molar-refractivity contribution in [3.05, 3.63) is 178 Å². The van der Waals surface area contributed by atoms with Crippen LogP contribution in [-0.2, 0) is 57.7 Å². The van der Waals surface area contributed by atoms with Crippen LogP contribution in [0.4, 0.5) is 0 Å². The first-order valence-electron chi connectivity index (χ1n) is 29.9. The van der Waals surface area contributed by atoms with E-state index in [1.165, 1.54) is 72.8 Å². The summed E-state index contributed by atoms with van der Waals surface area (Å²) in [5, 5.41) is 0. The molecule has 0 unspecified atom stereocenters. The molecule has 0 aliphatic heterocycles. The number of esters is 8. The van der Waals surface area contributed by atoms with Gasteiger partial charge in [-0.1, -0.05) is 30.3 Å². The lowest BCUT2D eigenvalue weighted by Gasteiger charge is -2.15. The Labute approximate surface area is 539 Å². The van der Waals surface area contributed by atoms with Gasteiger partial charge in [-0.25, -0.2) is 68.3 Å². The highest BCUT2D eigenvalue weighted by Crippen LogP contribution is 2.34. The molecule has 0 spiro atoms. The molecule has 0 aliphatic rings. The first-order valence-corrected chi connectivity index (χ1v) is 29.9. The molecule has 0 bridgehead atoms. The van der Waals surface area contributed by atoms with E-state index in [9.17, 15) is 38.4 Å². The fourth-order valence-corrected chi connectivity index (χ4v) is 8.87. The molecule has 8 rings (SSSR count). The monoisotopic (exact) mass is 1280 g/mol. The van der Waals surface area contributed by atoms with Gasteiger partial charge in [-0.2, -0.15) is 0 Å². The highest BCUT2D eigenvalue weighted by molar-refractivity contribution is 5.97. The number of carbonyl (C=O) groups excluding carboxylic acids is 8. The molecule has 1 aromatic carbocycles. The Morgan fingerprint density at radius 1 is 0.266 bits per heavy atom. The Bertz CT molecular complexity index is 3540. The summed E-state index contributed by atoms with van der Waals surface area (Å²) in [5.41, 5.74) is 0.644. The maximum atomic E-state index is 13.3. The first kappa shape index (κ1) is 68.3. The highest BCUT2D eigenvalue weighted by atomic mass is 16.6. The summed E-state index contributed by atoms with van der Waals surface area (Å²) in [6.07, 6.45) is 0. The number of hydrogen-bond acceptors (Lipinski definition) is 26. The smallest absolute Gasteiger partial charge is 0.356 e. The van der Waals surface area contributed by atoms with Crippen molar-refractivity contribution in [1.82, 2.24) is 34.9 Å². The van der Waals surface area contributed by atoms with E-state index < -0.39 is 47.8 Å². The van der Waals surface area contributed by atoms with Crippen molar-refractivity contribution in [2.24, 2.45) is 0 Å². The molecule has 0 fully saturated rings. The van der Waals surface area contributed by atoms with Crippen LogP contribution in [0.15, 0.2) is 115 Å². The van der Waals surface area contributed by atoms with Crippen LogP contribution < -0.4 is 14.2 Å². The number of nitrogens with zero attached hydrogens (tertiary/aromatic N) is 7. The summed E-state index contributed by atoms with van der Waals surface area (Å²) in [7, 11) is 0. The van der Waals surface area contributed by atoms with Gasteiger partial charge in [-0.3, -0.25) is 4.98 Å². The lowest BCUT2D eigenvalue weighted by molar-refractivity contribution is 0.0493. The summed E-state index contributed by atoms with van der Waals surface area (Å²) < 4.78 is 61.7. The molecule has 26 nitrogen and oxygen atoms in total. The third-order valence-electron chi connectivity index (χ3n) is 12.9. The number of benzene rings is 1. The zero-order valence-electron chi connectivity index (χ0n) is 52.6. The second-order valence-corrected chi connectivity index (χ2v) is 19.6. The standard InChI is InChI=1S/C68H65N7O19/c1-9-84-61(76)53-22-40(23-54(72-53)62(77)85-10-2)49-32-47(33-50(70-49)41-24-55(63(78)86-11-3)73-56(25-41)64(79)87-12-4)93-37-44-30-46(92-36-39-20-18-17-19-21-39)31-45(69-44)38-94-48-34-51(42-26-57(65(80)88-13-5)74-58(27-42)66(81)89-14-6)71-52(35-48)43-28-59(67(82)90-15-7)75-60(29-43)68(83)91-16-8/h17-35H,9-16,36-38H2,1-8H3. The van der Waals surface area contributed by atoms with Gasteiger partial charge < -0.3 is 52.1 Å². The van der Waals surface area contributed by atoms with E-state index in [0.29, 0.717) is 17.1 Å². The first-order chi connectivity index (χ1) is 45.5. The molecule has 7 aromatic heterocycles. The van der Waals surface area contributed by atoms with Crippen molar-refractivity contribution >= 4 is 47.8 Å². The molecule has 0 radical (unpaired) electrons. The SMILES string of the molecule is CCOC(=O)c1cc(-c2cc(OCc3cc(OCc4ccccc4)cc(COc4cc(-c5cc(C(=O)OCC)nc(C(=O)OCC)c5)nc(-c5cc(C(=O)OCC)nc(C(=O)OCC)c5)c4)n3)cc(-c3cc(C(=O)OCC)nc(C(=O)OCC)c3)n2)cc(C(=O)OCC)n1. The zero-order valence-corrected chi connectivity index (χ0v) is 52.6. The molecular formula is C68H65N7O19. The predicted molar refractivity (Wildman–Crippen MR) is 333 cm³/mol. The summed E-state index contributed by atoms with van der Waals surface area (Å²) >= 11 is 0. The van der Waals surface area contributed by atoms with Crippen LogP contribution in [-0.4, -0.2) is 135 Å². The van der Waals surface area contributed by atoms with E-state index in [4.69, 9.17) is 67.1 Å². The number of pyridine rings is 7. The normalized spacial score (nSPS) is 10.7. The lowest BCUT2D eigenvalue weighted by atomic mass is 10.1. The van der Waals surface area contributed by atoms with Crippen molar-refractivity contribution in [3.8, 4) is 62.3 Å². The molecule has 0 aliphatic carbocycles. The predicted octanol–water partition coefficient (Wildman–Crippen LogP) is 10.3.